The minimum Gasteiger partial charge on any atom is -0.456 e. The average molecular weight is 374 g/mol. The zero-order valence-corrected chi connectivity index (χ0v) is 15.0. The summed E-state index contributed by atoms with van der Waals surface area (Å²) >= 11 is 0. The molecule has 0 spiro atoms. The van der Waals surface area contributed by atoms with Crippen molar-refractivity contribution in [3.63, 3.8) is 0 Å². The number of carbonyl (C=O) groups is 2. The van der Waals surface area contributed by atoms with Gasteiger partial charge in [0.25, 0.3) is 5.91 Å². The monoisotopic (exact) mass is 374 g/mol. The number of nitrogens with one attached hydrogen (secondary N) is 2. The summed E-state index contributed by atoms with van der Waals surface area (Å²) < 4.78 is 5.73. The highest BCUT2D eigenvalue weighted by molar-refractivity contribution is 6.05. The van der Waals surface area contributed by atoms with E-state index in [9.17, 15) is 9.59 Å². The van der Waals surface area contributed by atoms with Crippen LogP contribution >= 0.6 is 0 Å². The maximum atomic E-state index is 12.5. The van der Waals surface area contributed by atoms with E-state index in [1.165, 1.54) is 12.4 Å². The number of hydrogen-bond acceptors (Lipinski definition) is 5. The standard InChI is InChI=1S/C21H18N4O3/c26-20(14-6-7-14)25-19-10-15(8-9-23-19)21(27)24-16-11-18(13-22-12-16)28-17-4-2-1-3-5-17/h1-5,8-14H,6-7H2,(H,24,27)(H,23,25,26). The summed E-state index contributed by atoms with van der Waals surface area (Å²) in [6, 6.07) is 14.1. The van der Waals surface area contributed by atoms with Gasteiger partial charge in [-0.25, -0.2) is 4.98 Å². The Hall–Kier alpha value is -3.74. The molecule has 0 saturated heterocycles. The summed E-state index contributed by atoms with van der Waals surface area (Å²) in [5.74, 6) is 1.23. The van der Waals surface area contributed by atoms with Crippen molar-refractivity contribution in [2.75, 3.05) is 10.6 Å². The van der Waals surface area contributed by atoms with E-state index in [0.717, 1.165) is 12.8 Å². The van der Waals surface area contributed by atoms with Gasteiger partial charge < -0.3 is 15.4 Å². The van der Waals surface area contributed by atoms with Crippen LogP contribution in [0.5, 0.6) is 11.5 Å². The molecule has 2 N–H and O–H groups in total. The number of aromatic nitrogens is 2. The predicted molar refractivity (Wildman–Crippen MR) is 104 cm³/mol. The van der Waals surface area contributed by atoms with Gasteiger partial charge in [0.05, 0.1) is 18.1 Å². The topological polar surface area (TPSA) is 93.2 Å². The Kier molecular flexibility index (Phi) is 4.97. The van der Waals surface area contributed by atoms with Crippen LogP contribution in [0.25, 0.3) is 0 Å². The molecule has 4 rings (SSSR count). The third-order valence-electron chi connectivity index (χ3n) is 4.17. The van der Waals surface area contributed by atoms with Crippen molar-refractivity contribution in [2.45, 2.75) is 12.8 Å². The summed E-state index contributed by atoms with van der Waals surface area (Å²) in [7, 11) is 0. The predicted octanol–water partition coefficient (Wildman–Crippen LogP) is 3.87. The van der Waals surface area contributed by atoms with Gasteiger partial charge in [-0.05, 0) is 37.1 Å². The zero-order chi connectivity index (χ0) is 19.3. The van der Waals surface area contributed by atoms with Crippen molar-refractivity contribution >= 4 is 23.3 Å². The Bertz CT molecular complexity index is 1000. The van der Waals surface area contributed by atoms with Crippen LogP contribution in [0.15, 0.2) is 67.1 Å². The Morgan fingerprint density at radius 2 is 1.79 bits per heavy atom. The summed E-state index contributed by atoms with van der Waals surface area (Å²) in [6.45, 7) is 0. The van der Waals surface area contributed by atoms with Gasteiger partial charge in [-0.1, -0.05) is 18.2 Å². The van der Waals surface area contributed by atoms with Gasteiger partial charge in [0.2, 0.25) is 5.91 Å². The maximum Gasteiger partial charge on any atom is 0.255 e. The third-order valence-corrected chi connectivity index (χ3v) is 4.17. The molecule has 28 heavy (non-hydrogen) atoms. The molecule has 0 unspecified atom stereocenters. The smallest absolute Gasteiger partial charge is 0.255 e. The second kappa shape index (κ2) is 7.87. The molecule has 7 nitrogen and oxygen atoms in total. The molecule has 2 amide bonds. The summed E-state index contributed by atoms with van der Waals surface area (Å²) in [6.07, 6.45) is 6.40. The lowest BCUT2D eigenvalue weighted by atomic mass is 10.2. The first-order chi connectivity index (χ1) is 13.7. The highest BCUT2D eigenvalue weighted by atomic mass is 16.5. The molecule has 1 fully saturated rings. The molecule has 2 aromatic heterocycles. The van der Waals surface area contributed by atoms with E-state index >= 15 is 0 Å². The molecule has 1 aliphatic carbocycles. The molecule has 0 aliphatic heterocycles. The summed E-state index contributed by atoms with van der Waals surface area (Å²) in [4.78, 5) is 32.6. The van der Waals surface area contributed by atoms with Gasteiger partial charge in [0.15, 0.2) is 0 Å². The first kappa shape index (κ1) is 17.7. The first-order valence-electron chi connectivity index (χ1n) is 8.93. The lowest BCUT2D eigenvalue weighted by Crippen LogP contribution is -2.16. The van der Waals surface area contributed by atoms with Crippen molar-refractivity contribution in [1.82, 2.24) is 9.97 Å². The van der Waals surface area contributed by atoms with Gasteiger partial charge in [-0.15, -0.1) is 0 Å². The molecule has 0 bridgehead atoms. The SMILES string of the molecule is O=C(Nc1cncc(Oc2ccccc2)c1)c1ccnc(NC(=O)C2CC2)c1. The van der Waals surface area contributed by atoms with Crippen LogP contribution in [0, 0.1) is 5.92 Å². The number of anilines is 2. The number of para-hydroxylation sites is 1. The molecule has 1 aromatic carbocycles. The van der Waals surface area contributed by atoms with Crippen LogP contribution in [0.3, 0.4) is 0 Å². The van der Waals surface area contributed by atoms with E-state index in [1.54, 1.807) is 24.4 Å². The van der Waals surface area contributed by atoms with Crippen molar-refractivity contribution in [2.24, 2.45) is 5.92 Å². The Labute approximate surface area is 161 Å². The van der Waals surface area contributed by atoms with Crippen LogP contribution in [-0.4, -0.2) is 21.8 Å². The van der Waals surface area contributed by atoms with Gasteiger partial charge in [-0.2, -0.15) is 0 Å². The lowest BCUT2D eigenvalue weighted by Gasteiger charge is -2.09. The number of rotatable bonds is 6. The molecular formula is C21H18N4O3. The van der Waals surface area contributed by atoms with Crippen molar-refractivity contribution in [1.29, 1.82) is 0 Å². The minimum atomic E-state index is -0.331. The number of hydrogen-bond donors (Lipinski definition) is 2. The fraction of sp³-hybridized carbons (Fsp3) is 0.143. The second-order valence-electron chi connectivity index (χ2n) is 6.47. The zero-order valence-electron chi connectivity index (χ0n) is 15.0. The van der Waals surface area contributed by atoms with E-state index in [4.69, 9.17) is 4.74 Å². The molecule has 0 atom stereocenters. The maximum absolute atomic E-state index is 12.5. The van der Waals surface area contributed by atoms with E-state index in [0.29, 0.717) is 28.6 Å². The fourth-order valence-corrected chi connectivity index (χ4v) is 2.58. The quantitative estimate of drug-likeness (QED) is 0.683. The summed E-state index contributed by atoms with van der Waals surface area (Å²) in [5, 5.41) is 5.52. The number of pyridine rings is 2. The summed E-state index contributed by atoms with van der Waals surface area (Å²) in [5.41, 5.74) is 0.884. The van der Waals surface area contributed by atoms with Crippen LogP contribution in [-0.2, 0) is 4.79 Å². The molecule has 1 aliphatic rings. The van der Waals surface area contributed by atoms with Crippen LogP contribution in [0.1, 0.15) is 23.2 Å². The van der Waals surface area contributed by atoms with Crippen molar-refractivity contribution in [3.05, 3.63) is 72.7 Å². The fourth-order valence-electron chi connectivity index (χ4n) is 2.58. The molecule has 1 saturated carbocycles. The number of carbonyl (C=O) groups excluding carboxylic acids is 2. The third kappa shape index (κ3) is 4.50. The largest absolute Gasteiger partial charge is 0.456 e. The van der Waals surface area contributed by atoms with Crippen LogP contribution in [0.2, 0.25) is 0 Å². The average Bonchev–Trinajstić information content (AvgIpc) is 3.55. The number of nitrogens with zero attached hydrogens (tertiary/aromatic N) is 2. The Morgan fingerprint density at radius 1 is 0.964 bits per heavy atom. The van der Waals surface area contributed by atoms with Crippen LogP contribution < -0.4 is 15.4 Å². The van der Waals surface area contributed by atoms with Gasteiger partial charge >= 0.3 is 0 Å². The van der Waals surface area contributed by atoms with E-state index in [-0.39, 0.29) is 17.7 Å². The molecular weight excluding hydrogens is 356 g/mol. The highest BCUT2D eigenvalue weighted by Gasteiger charge is 2.29. The van der Waals surface area contributed by atoms with E-state index in [2.05, 4.69) is 20.6 Å². The van der Waals surface area contributed by atoms with Gasteiger partial charge in [-0.3, -0.25) is 14.6 Å². The molecule has 2 heterocycles. The second-order valence-corrected chi connectivity index (χ2v) is 6.47. The van der Waals surface area contributed by atoms with Gasteiger partial charge in [0, 0.05) is 23.7 Å². The van der Waals surface area contributed by atoms with Crippen molar-refractivity contribution < 1.29 is 14.3 Å². The molecule has 3 aromatic rings. The number of benzene rings is 1. The first-order valence-corrected chi connectivity index (χ1v) is 8.93. The van der Waals surface area contributed by atoms with E-state index in [1.807, 2.05) is 30.3 Å². The number of ether oxygens (including phenoxy) is 1. The minimum absolute atomic E-state index is 0.0555. The Morgan fingerprint density at radius 3 is 2.57 bits per heavy atom. The Balaban J connectivity index is 1.43. The van der Waals surface area contributed by atoms with Crippen LogP contribution in [0.4, 0.5) is 11.5 Å². The molecule has 140 valence electrons. The van der Waals surface area contributed by atoms with E-state index < -0.39 is 0 Å². The highest BCUT2D eigenvalue weighted by Crippen LogP contribution is 2.30. The normalized spacial score (nSPS) is 12.9. The van der Waals surface area contributed by atoms with Crippen molar-refractivity contribution in [3.8, 4) is 11.5 Å². The number of amides is 2. The molecule has 0 radical (unpaired) electrons. The van der Waals surface area contributed by atoms with Gasteiger partial charge in [0.1, 0.15) is 17.3 Å². The lowest BCUT2D eigenvalue weighted by molar-refractivity contribution is -0.117. The molecule has 7 heteroatoms.